The number of anilines is 1. The average molecular weight is 310 g/mol. The van der Waals surface area contributed by atoms with Crippen LogP contribution in [-0.4, -0.2) is 30.0 Å². The van der Waals surface area contributed by atoms with Crippen LogP contribution in [0.25, 0.3) is 11.0 Å². The van der Waals surface area contributed by atoms with Gasteiger partial charge in [-0.1, -0.05) is 12.1 Å². The molecule has 0 amide bonds. The summed E-state index contributed by atoms with van der Waals surface area (Å²) >= 11 is 0. The summed E-state index contributed by atoms with van der Waals surface area (Å²) in [4.78, 5) is 4.50. The zero-order chi connectivity index (χ0) is 16.2. The summed E-state index contributed by atoms with van der Waals surface area (Å²) in [5.41, 5.74) is 5.84. The van der Waals surface area contributed by atoms with E-state index in [-0.39, 0.29) is 0 Å². The number of fused-ring (bicyclic) bond motifs is 1. The summed E-state index contributed by atoms with van der Waals surface area (Å²) in [6, 6.07) is 13.5. The van der Waals surface area contributed by atoms with Crippen LogP contribution in [0.3, 0.4) is 0 Å². The van der Waals surface area contributed by atoms with Crippen LogP contribution in [0, 0.1) is 0 Å². The molecule has 3 rings (SSSR count). The van der Waals surface area contributed by atoms with Gasteiger partial charge in [0.25, 0.3) is 0 Å². The van der Waals surface area contributed by atoms with Crippen molar-refractivity contribution in [1.82, 2.24) is 9.55 Å². The first kappa shape index (κ1) is 14.9. The molecule has 0 unspecified atom stereocenters. The Morgan fingerprint density at radius 1 is 1.09 bits per heavy atom. The van der Waals surface area contributed by atoms with Gasteiger partial charge in [-0.3, -0.25) is 0 Å². The molecule has 1 aromatic heterocycles. The van der Waals surface area contributed by atoms with Crippen molar-refractivity contribution in [3.05, 3.63) is 48.0 Å². The Hall–Kier alpha value is -3.02. The fourth-order valence-electron chi connectivity index (χ4n) is 2.34. The second kappa shape index (κ2) is 6.39. The number of benzene rings is 2. The first-order valence-electron chi connectivity index (χ1n) is 7.15. The number of ether oxygens (including phenoxy) is 2. The summed E-state index contributed by atoms with van der Waals surface area (Å²) in [5.74, 6) is 2.04. The molecule has 0 bridgehead atoms. The molecule has 2 aromatic carbocycles. The van der Waals surface area contributed by atoms with Crippen molar-refractivity contribution in [1.29, 1.82) is 0 Å². The van der Waals surface area contributed by atoms with Crippen molar-refractivity contribution in [3.8, 4) is 11.5 Å². The number of hydrogen-bond donors (Lipinski definition) is 1. The Labute approximate surface area is 134 Å². The highest BCUT2D eigenvalue weighted by Crippen LogP contribution is 2.26. The van der Waals surface area contributed by atoms with E-state index < -0.39 is 0 Å². The van der Waals surface area contributed by atoms with Crippen molar-refractivity contribution in [2.75, 3.05) is 19.6 Å². The summed E-state index contributed by atoms with van der Waals surface area (Å²) < 4.78 is 12.5. The van der Waals surface area contributed by atoms with Gasteiger partial charge in [-0.25, -0.2) is 10.4 Å². The number of methoxy groups -OCH3 is 2. The number of rotatable bonds is 5. The zero-order valence-electron chi connectivity index (χ0n) is 13.3. The summed E-state index contributed by atoms with van der Waals surface area (Å²) in [6.45, 7) is 0. The van der Waals surface area contributed by atoms with Gasteiger partial charge < -0.3 is 14.0 Å². The predicted octanol–water partition coefficient (Wildman–Crippen LogP) is 3.04. The van der Waals surface area contributed by atoms with E-state index in [4.69, 9.17) is 9.47 Å². The minimum atomic E-state index is 0.666. The van der Waals surface area contributed by atoms with Gasteiger partial charge in [0.05, 0.1) is 31.5 Å². The Kier molecular flexibility index (Phi) is 4.14. The second-order valence-corrected chi connectivity index (χ2v) is 4.97. The molecular formula is C17H18N4O2. The van der Waals surface area contributed by atoms with E-state index in [9.17, 15) is 0 Å². The topological polar surface area (TPSA) is 60.7 Å². The fourth-order valence-corrected chi connectivity index (χ4v) is 2.34. The molecule has 6 heteroatoms. The maximum atomic E-state index is 5.28. The van der Waals surface area contributed by atoms with E-state index in [0.29, 0.717) is 17.4 Å². The third kappa shape index (κ3) is 2.96. The van der Waals surface area contributed by atoms with Gasteiger partial charge in [0.1, 0.15) is 0 Å². The van der Waals surface area contributed by atoms with Gasteiger partial charge in [-0.2, -0.15) is 5.10 Å². The van der Waals surface area contributed by atoms with Gasteiger partial charge in [0.2, 0.25) is 5.95 Å². The number of aryl methyl sites for hydroxylation is 1. The molecule has 23 heavy (non-hydrogen) atoms. The van der Waals surface area contributed by atoms with Crippen molar-refractivity contribution in [3.63, 3.8) is 0 Å². The van der Waals surface area contributed by atoms with E-state index in [1.54, 1.807) is 20.4 Å². The lowest BCUT2D eigenvalue weighted by atomic mass is 10.2. The number of hydrogen-bond acceptors (Lipinski definition) is 5. The van der Waals surface area contributed by atoms with Gasteiger partial charge in [-0.15, -0.1) is 0 Å². The Bertz CT molecular complexity index is 855. The molecule has 1 N–H and O–H groups in total. The molecule has 0 aliphatic rings. The average Bonchev–Trinajstić information content (AvgIpc) is 2.91. The number of nitrogens with zero attached hydrogens (tertiary/aromatic N) is 3. The van der Waals surface area contributed by atoms with Crippen molar-refractivity contribution in [2.24, 2.45) is 12.1 Å². The third-order valence-electron chi connectivity index (χ3n) is 3.57. The standard InChI is InChI=1S/C17H18N4O2/c1-21-14-7-5-4-6-13(14)19-17(21)20-18-11-12-8-9-15(22-2)16(10-12)23-3/h4-11H,1-3H3,(H,19,20)/b18-11+. The minimum Gasteiger partial charge on any atom is -0.493 e. The minimum absolute atomic E-state index is 0.666. The Morgan fingerprint density at radius 3 is 2.61 bits per heavy atom. The van der Waals surface area contributed by atoms with Gasteiger partial charge in [-0.05, 0) is 35.9 Å². The predicted molar refractivity (Wildman–Crippen MR) is 91.5 cm³/mol. The third-order valence-corrected chi connectivity index (χ3v) is 3.57. The number of para-hydroxylation sites is 2. The first-order valence-corrected chi connectivity index (χ1v) is 7.15. The number of nitrogens with one attached hydrogen (secondary N) is 1. The van der Waals surface area contributed by atoms with Gasteiger partial charge in [0, 0.05) is 7.05 Å². The lowest BCUT2D eigenvalue weighted by Crippen LogP contribution is -1.99. The molecule has 1 heterocycles. The van der Waals surface area contributed by atoms with Crippen LogP contribution in [0.2, 0.25) is 0 Å². The molecule has 0 atom stereocenters. The highest BCUT2D eigenvalue weighted by Gasteiger charge is 2.06. The normalized spacial score (nSPS) is 11.1. The number of aromatic nitrogens is 2. The van der Waals surface area contributed by atoms with Gasteiger partial charge >= 0.3 is 0 Å². The molecule has 6 nitrogen and oxygen atoms in total. The number of hydrazone groups is 1. The van der Waals surface area contributed by atoms with Crippen LogP contribution in [0.4, 0.5) is 5.95 Å². The largest absolute Gasteiger partial charge is 0.493 e. The Morgan fingerprint density at radius 2 is 1.87 bits per heavy atom. The van der Waals surface area contributed by atoms with Crippen LogP contribution in [0.5, 0.6) is 11.5 Å². The molecule has 0 fully saturated rings. The number of imidazole rings is 1. The molecule has 0 spiro atoms. The van der Waals surface area contributed by atoms with E-state index in [2.05, 4.69) is 15.5 Å². The van der Waals surface area contributed by atoms with E-state index >= 15 is 0 Å². The summed E-state index contributed by atoms with van der Waals surface area (Å²) in [7, 11) is 5.17. The zero-order valence-corrected chi connectivity index (χ0v) is 13.3. The lowest BCUT2D eigenvalue weighted by Gasteiger charge is -2.07. The molecule has 3 aromatic rings. The van der Waals surface area contributed by atoms with Crippen LogP contribution < -0.4 is 14.9 Å². The molecule has 0 saturated carbocycles. The molecule has 118 valence electrons. The monoisotopic (exact) mass is 310 g/mol. The van der Waals surface area contributed by atoms with Crippen molar-refractivity contribution < 1.29 is 9.47 Å². The van der Waals surface area contributed by atoms with Crippen LogP contribution in [0.15, 0.2) is 47.6 Å². The van der Waals surface area contributed by atoms with E-state index in [1.807, 2.05) is 54.1 Å². The molecule has 0 radical (unpaired) electrons. The Balaban J connectivity index is 1.79. The van der Waals surface area contributed by atoms with Crippen LogP contribution in [-0.2, 0) is 7.05 Å². The molecular weight excluding hydrogens is 292 g/mol. The van der Waals surface area contributed by atoms with Crippen LogP contribution in [0.1, 0.15) is 5.56 Å². The van der Waals surface area contributed by atoms with Crippen molar-refractivity contribution >= 4 is 23.2 Å². The molecule has 0 aliphatic carbocycles. The lowest BCUT2D eigenvalue weighted by molar-refractivity contribution is 0.355. The SMILES string of the molecule is COc1ccc(/C=N/Nc2nc3ccccc3n2C)cc1OC. The van der Waals surface area contributed by atoms with E-state index in [1.165, 1.54) is 0 Å². The summed E-state index contributed by atoms with van der Waals surface area (Å²) in [6.07, 6.45) is 1.71. The quantitative estimate of drug-likeness (QED) is 0.581. The highest BCUT2D eigenvalue weighted by atomic mass is 16.5. The smallest absolute Gasteiger partial charge is 0.224 e. The molecule has 0 saturated heterocycles. The van der Waals surface area contributed by atoms with Crippen LogP contribution >= 0.6 is 0 Å². The van der Waals surface area contributed by atoms with Crippen molar-refractivity contribution in [2.45, 2.75) is 0 Å². The molecule has 0 aliphatic heterocycles. The maximum Gasteiger partial charge on any atom is 0.224 e. The fraction of sp³-hybridized carbons (Fsp3) is 0.176. The first-order chi connectivity index (χ1) is 11.2. The second-order valence-electron chi connectivity index (χ2n) is 4.97. The van der Waals surface area contributed by atoms with E-state index in [0.717, 1.165) is 16.6 Å². The maximum absolute atomic E-state index is 5.28. The summed E-state index contributed by atoms with van der Waals surface area (Å²) in [5, 5.41) is 4.24. The highest BCUT2D eigenvalue weighted by molar-refractivity contribution is 5.82. The van der Waals surface area contributed by atoms with Gasteiger partial charge in [0.15, 0.2) is 11.5 Å².